The van der Waals surface area contributed by atoms with Crippen LogP contribution < -0.4 is 5.32 Å². The van der Waals surface area contributed by atoms with Gasteiger partial charge in [0.1, 0.15) is 0 Å². The van der Waals surface area contributed by atoms with E-state index in [2.05, 4.69) is 49.5 Å². The fraction of sp³-hybridized carbons (Fsp3) is 0.500. The van der Waals surface area contributed by atoms with Gasteiger partial charge in [-0.2, -0.15) is 5.10 Å². The van der Waals surface area contributed by atoms with Crippen LogP contribution in [0.4, 0.5) is 0 Å². The summed E-state index contributed by atoms with van der Waals surface area (Å²) < 4.78 is 1.99. The van der Waals surface area contributed by atoms with Crippen molar-refractivity contribution < 1.29 is 0 Å². The van der Waals surface area contributed by atoms with E-state index in [9.17, 15) is 0 Å². The molecule has 98 valence electrons. The van der Waals surface area contributed by atoms with Gasteiger partial charge in [0.2, 0.25) is 0 Å². The predicted molar refractivity (Wildman–Crippen MR) is 76.9 cm³/mol. The third-order valence-corrected chi connectivity index (χ3v) is 3.72. The molecule has 0 aliphatic carbocycles. The van der Waals surface area contributed by atoms with Crippen LogP contribution in [0.1, 0.15) is 29.2 Å². The lowest BCUT2D eigenvalue weighted by molar-refractivity contribution is 0.555. The minimum Gasteiger partial charge on any atom is -0.312 e. The highest BCUT2D eigenvalue weighted by Crippen LogP contribution is 2.17. The fourth-order valence-electron chi connectivity index (χ4n) is 1.80. The highest BCUT2D eigenvalue weighted by Gasteiger charge is 2.02. The van der Waals surface area contributed by atoms with Gasteiger partial charge in [0.25, 0.3) is 0 Å². The summed E-state index contributed by atoms with van der Waals surface area (Å²) >= 11 is 1.87. The summed E-state index contributed by atoms with van der Waals surface area (Å²) in [7, 11) is 0. The van der Waals surface area contributed by atoms with E-state index >= 15 is 0 Å². The molecule has 0 unspecified atom stereocenters. The molecule has 0 radical (unpaired) electrons. The highest BCUT2D eigenvalue weighted by molar-refractivity contribution is 7.11. The van der Waals surface area contributed by atoms with Gasteiger partial charge in [-0.1, -0.05) is 13.8 Å². The molecule has 2 heterocycles. The molecule has 0 fully saturated rings. The second-order valence-corrected chi connectivity index (χ2v) is 6.36. The fourth-order valence-corrected chi connectivity index (χ4v) is 2.78. The van der Waals surface area contributed by atoms with E-state index in [1.807, 2.05) is 22.2 Å². The Labute approximate surface area is 113 Å². The average molecular weight is 263 g/mol. The second-order valence-electron chi connectivity index (χ2n) is 5.11. The maximum Gasteiger partial charge on any atom is 0.0752 e. The normalized spacial score (nSPS) is 11.3. The van der Waals surface area contributed by atoms with Crippen LogP contribution in [0.5, 0.6) is 0 Å². The minimum absolute atomic E-state index is 0.705. The number of thiophene rings is 1. The molecule has 0 aliphatic rings. The zero-order valence-corrected chi connectivity index (χ0v) is 12.1. The smallest absolute Gasteiger partial charge is 0.0752 e. The molecule has 0 aliphatic heterocycles. The van der Waals surface area contributed by atoms with Crippen LogP contribution in [0.15, 0.2) is 24.5 Å². The zero-order valence-electron chi connectivity index (χ0n) is 11.3. The second kappa shape index (κ2) is 6.16. The summed E-state index contributed by atoms with van der Waals surface area (Å²) in [6, 6.07) is 4.41. The van der Waals surface area contributed by atoms with Crippen molar-refractivity contribution in [3.8, 4) is 0 Å². The number of rotatable bonds is 6. The van der Waals surface area contributed by atoms with E-state index in [4.69, 9.17) is 0 Å². The Morgan fingerprint density at radius 1 is 1.33 bits per heavy atom. The topological polar surface area (TPSA) is 29.9 Å². The monoisotopic (exact) mass is 263 g/mol. The van der Waals surface area contributed by atoms with Crippen LogP contribution in [-0.2, 0) is 13.1 Å². The lowest BCUT2D eigenvalue weighted by atomic mass is 10.2. The number of hydrogen-bond donors (Lipinski definition) is 1. The predicted octanol–water partition coefficient (Wildman–Crippen LogP) is 3.05. The molecule has 0 spiro atoms. The van der Waals surface area contributed by atoms with Crippen LogP contribution in [0.2, 0.25) is 0 Å². The van der Waals surface area contributed by atoms with Crippen molar-refractivity contribution in [1.82, 2.24) is 15.1 Å². The average Bonchev–Trinajstić information content (AvgIpc) is 2.89. The number of nitrogens with one attached hydrogen (secondary N) is 1. The van der Waals surface area contributed by atoms with E-state index in [1.54, 1.807) is 0 Å². The van der Waals surface area contributed by atoms with Gasteiger partial charge < -0.3 is 5.32 Å². The molecule has 0 aromatic carbocycles. The van der Waals surface area contributed by atoms with Gasteiger partial charge in [0.05, 0.1) is 12.7 Å². The molecule has 4 heteroatoms. The molecule has 0 bridgehead atoms. The van der Waals surface area contributed by atoms with Crippen molar-refractivity contribution in [2.45, 2.75) is 33.9 Å². The largest absolute Gasteiger partial charge is 0.312 e. The van der Waals surface area contributed by atoms with Gasteiger partial charge in [-0.15, -0.1) is 11.3 Å². The molecule has 0 saturated carbocycles. The summed E-state index contributed by atoms with van der Waals surface area (Å²) in [6.45, 7) is 9.45. The minimum atomic E-state index is 0.705. The van der Waals surface area contributed by atoms with E-state index in [1.165, 1.54) is 15.3 Å². The first-order valence-corrected chi connectivity index (χ1v) is 7.22. The first kappa shape index (κ1) is 13.3. The van der Waals surface area contributed by atoms with Crippen molar-refractivity contribution in [3.05, 3.63) is 39.8 Å². The Morgan fingerprint density at radius 3 is 2.78 bits per heavy atom. The standard InChI is InChI=1S/C14H21N3S/c1-11(2)6-15-8-13-4-5-14(18-13)10-17-9-12(3)7-16-17/h4-5,7,9,11,15H,6,8,10H2,1-3H3. The molecule has 2 aromatic heterocycles. The zero-order chi connectivity index (χ0) is 13.0. The number of aromatic nitrogens is 2. The first-order valence-electron chi connectivity index (χ1n) is 6.41. The van der Waals surface area contributed by atoms with Crippen LogP contribution >= 0.6 is 11.3 Å². The molecule has 1 N–H and O–H groups in total. The van der Waals surface area contributed by atoms with Gasteiger partial charge in [0, 0.05) is 22.5 Å². The van der Waals surface area contributed by atoms with Crippen molar-refractivity contribution in [1.29, 1.82) is 0 Å². The molecule has 3 nitrogen and oxygen atoms in total. The highest BCUT2D eigenvalue weighted by atomic mass is 32.1. The van der Waals surface area contributed by atoms with Crippen molar-refractivity contribution in [2.24, 2.45) is 5.92 Å². The molecule has 18 heavy (non-hydrogen) atoms. The Morgan fingerprint density at radius 2 is 2.11 bits per heavy atom. The first-order chi connectivity index (χ1) is 8.63. The Kier molecular flexibility index (Phi) is 4.55. The molecular weight excluding hydrogens is 242 g/mol. The van der Waals surface area contributed by atoms with Crippen LogP contribution in [0, 0.1) is 12.8 Å². The van der Waals surface area contributed by atoms with Crippen molar-refractivity contribution in [2.75, 3.05) is 6.54 Å². The molecule has 2 rings (SSSR count). The maximum atomic E-state index is 4.31. The van der Waals surface area contributed by atoms with E-state index in [-0.39, 0.29) is 0 Å². The van der Waals surface area contributed by atoms with E-state index in [0.717, 1.165) is 19.6 Å². The Bertz CT molecular complexity index is 485. The lowest BCUT2D eigenvalue weighted by Gasteiger charge is -2.05. The van der Waals surface area contributed by atoms with Gasteiger partial charge in [-0.05, 0) is 37.1 Å². The van der Waals surface area contributed by atoms with Gasteiger partial charge in [-0.25, -0.2) is 0 Å². The number of nitrogens with zero attached hydrogens (tertiary/aromatic N) is 2. The van der Waals surface area contributed by atoms with Crippen LogP contribution in [0.25, 0.3) is 0 Å². The van der Waals surface area contributed by atoms with Crippen LogP contribution in [-0.4, -0.2) is 16.3 Å². The SMILES string of the molecule is Cc1cnn(Cc2ccc(CNCC(C)C)s2)c1. The third kappa shape index (κ3) is 3.96. The van der Waals surface area contributed by atoms with Gasteiger partial charge in [-0.3, -0.25) is 4.68 Å². The van der Waals surface area contributed by atoms with Crippen LogP contribution in [0.3, 0.4) is 0 Å². The Balaban J connectivity index is 1.86. The lowest BCUT2D eigenvalue weighted by Crippen LogP contribution is -2.18. The summed E-state index contributed by atoms with van der Waals surface area (Å²) in [5.74, 6) is 0.705. The number of aryl methyl sites for hydroxylation is 1. The molecule has 0 amide bonds. The van der Waals surface area contributed by atoms with Gasteiger partial charge >= 0.3 is 0 Å². The Hall–Kier alpha value is -1.13. The number of hydrogen-bond acceptors (Lipinski definition) is 3. The van der Waals surface area contributed by atoms with E-state index < -0.39 is 0 Å². The van der Waals surface area contributed by atoms with Gasteiger partial charge in [0.15, 0.2) is 0 Å². The summed E-state index contributed by atoms with van der Waals surface area (Å²) in [6.07, 6.45) is 3.98. The third-order valence-electron chi connectivity index (χ3n) is 2.65. The van der Waals surface area contributed by atoms with Crippen molar-refractivity contribution in [3.63, 3.8) is 0 Å². The quantitative estimate of drug-likeness (QED) is 0.868. The van der Waals surface area contributed by atoms with E-state index in [0.29, 0.717) is 5.92 Å². The molecule has 0 atom stereocenters. The molecule has 2 aromatic rings. The summed E-state index contributed by atoms with van der Waals surface area (Å²) in [5, 5.41) is 7.78. The molecular formula is C14H21N3S. The summed E-state index contributed by atoms with van der Waals surface area (Å²) in [4.78, 5) is 2.76. The van der Waals surface area contributed by atoms with Crippen molar-refractivity contribution >= 4 is 11.3 Å². The molecule has 0 saturated heterocycles. The summed E-state index contributed by atoms with van der Waals surface area (Å²) in [5.41, 5.74) is 1.21. The maximum absolute atomic E-state index is 4.31.